The standard InChI is InChI=1S/C48H82N8O10/c1-17-30(4)41(55(14)46(62)40(29(2)3)52-38(57)28-53(11)12)37(64-15)27-39(58)56-24-19-22-36(56)42(65-16)31(5)45(61)54(13)25-23-34-20-18-21-35(26-34)51-44(60)32(6)49-43(59)33(7)50-47(63)66-48(8,9)10/h18,20-21,26,29-33,36-37,40-42H,17,19,22-25,27-28H2,1-16H3,(H,49,59)(H,50,63)(H,51,60)(H,52,57)/t30-,31+,32-,33-,36-,37+,40-,41-,42+/m0/s1. The Morgan fingerprint density at radius 1 is 0.848 bits per heavy atom. The third-order valence-electron chi connectivity index (χ3n) is 12.1. The molecule has 2 rings (SSSR count). The first kappa shape index (κ1) is 57.3. The summed E-state index contributed by atoms with van der Waals surface area (Å²) in [6.45, 7) is 18.8. The van der Waals surface area contributed by atoms with Gasteiger partial charge in [-0.1, -0.05) is 53.2 Å². The lowest BCUT2D eigenvalue weighted by Crippen LogP contribution is -2.58. The molecular weight excluding hydrogens is 849 g/mol. The van der Waals surface area contributed by atoms with E-state index in [9.17, 15) is 33.6 Å². The Morgan fingerprint density at radius 3 is 2.05 bits per heavy atom. The van der Waals surface area contributed by atoms with Crippen molar-refractivity contribution in [1.82, 2.24) is 35.6 Å². The van der Waals surface area contributed by atoms with E-state index in [1.807, 2.05) is 40.7 Å². The van der Waals surface area contributed by atoms with Gasteiger partial charge in [-0.2, -0.15) is 0 Å². The van der Waals surface area contributed by atoms with Gasteiger partial charge in [-0.3, -0.25) is 28.8 Å². The molecule has 7 amide bonds. The van der Waals surface area contributed by atoms with E-state index in [1.54, 1.807) is 101 Å². The van der Waals surface area contributed by atoms with Crippen LogP contribution in [0.3, 0.4) is 0 Å². The summed E-state index contributed by atoms with van der Waals surface area (Å²) in [6.07, 6.45) is 0.643. The quantitative estimate of drug-likeness (QED) is 0.118. The number of alkyl carbamates (subject to hydrolysis) is 1. The zero-order chi connectivity index (χ0) is 50.2. The van der Waals surface area contributed by atoms with Crippen molar-refractivity contribution in [2.24, 2.45) is 17.8 Å². The smallest absolute Gasteiger partial charge is 0.408 e. The number of hydrogen-bond donors (Lipinski definition) is 4. The van der Waals surface area contributed by atoms with Crippen molar-refractivity contribution in [3.8, 4) is 0 Å². The van der Waals surface area contributed by atoms with Crippen LogP contribution in [0.4, 0.5) is 10.5 Å². The van der Waals surface area contributed by atoms with Gasteiger partial charge in [0.25, 0.3) is 0 Å². The number of nitrogens with zero attached hydrogens (tertiary/aromatic N) is 4. The highest BCUT2D eigenvalue weighted by molar-refractivity contribution is 5.98. The molecule has 1 fully saturated rings. The van der Waals surface area contributed by atoms with E-state index < -0.39 is 65.8 Å². The summed E-state index contributed by atoms with van der Waals surface area (Å²) >= 11 is 0. The maximum absolute atomic E-state index is 14.3. The molecule has 1 saturated heterocycles. The van der Waals surface area contributed by atoms with Crippen LogP contribution in [0.5, 0.6) is 0 Å². The lowest BCUT2D eigenvalue weighted by molar-refractivity contribution is -0.149. The number of ether oxygens (including phenoxy) is 3. The molecule has 374 valence electrons. The number of hydrogen-bond acceptors (Lipinski definition) is 11. The summed E-state index contributed by atoms with van der Waals surface area (Å²) in [5.74, 6) is -2.60. The summed E-state index contributed by atoms with van der Waals surface area (Å²) in [5, 5.41) is 10.8. The molecule has 1 aromatic carbocycles. The summed E-state index contributed by atoms with van der Waals surface area (Å²) in [7, 11) is 10.1. The molecule has 1 aliphatic rings. The number of likely N-dealkylation sites (tertiary alicyclic amines) is 1. The number of nitrogens with one attached hydrogen (secondary N) is 4. The Bertz CT molecular complexity index is 1790. The average Bonchev–Trinajstić information content (AvgIpc) is 3.72. The molecule has 18 nitrogen and oxygen atoms in total. The highest BCUT2D eigenvalue weighted by atomic mass is 16.6. The van der Waals surface area contributed by atoms with Crippen molar-refractivity contribution in [2.45, 2.75) is 149 Å². The monoisotopic (exact) mass is 931 g/mol. The van der Waals surface area contributed by atoms with Crippen LogP contribution >= 0.6 is 0 Å². The van der Waals surface area contributed by atoms with E-state index in [-0.39, 0.29) is 54.5 Å². The Hall–Kier alpha value is -4.81. The fraction of sp³-hybridized carbons (Fsp3) is 0.729. The first-order chi connectivity index (χ1) is 30.8. The van der Waals surface area contributed by atoms with Crippen LogP contribution in [0.15, 0.2) is 24.3 Å². The molecule has 1 heterocycles. The summed E-state index contributed by atoms with van der Waals surface area (Å²) in [6, 6.07) is 3.80. The van der Waals surface area contributed by atoms with Crippen LogP contribution in [0.1, 0.15) is 100 Å². The van der Waals surface area contributed by atoms with Crippen molar-refractivity contribution in [1.29, 1.82) is 0 Å². The van der Waals surface area contributed by atoms with Gasteiger partial charge in [0.2, 0.25) is 35.4 Å². The van der Waals surface area contributed by atoms with Crippen molar-refractivity contribution < 1.29 is 47.8 Å². The first-order valence-electron chi connectivity index (χ1n) is 23.3. The Kier molecular flexibility index (Phi) is 23.0. The molecule has 1 aliphatic heterocycles. The lowest BCUT2D eigenvalue weighted by atomic mass is 9.89. The SMILES string of the molecule is CC[C@H](C)[C@@H]([C@@H](CC(=O)N1CCC[C@H]1[C@H](OC)[C@@H](C)C(=O)N(C)CCc1cccc(NC(=O)[C@H](C)NC(=O)[C@H](C)NC(=O)OC(C)(C)C)c1)OC)N(C)C(=O)[C@@H](NC(=O)CN(C)C)C(C)C. The number of carbonyl (C=O) groups is 7. The van der Waals surface area contributed by atoms with Crippen molar-refractivity contribution in [2.75, 3.05) is 67.4 Å². The lowest BCUT2D eigenvalue weighted by Gasteiger charge is -2.41. The zero-order valence-electron chi connectivity index (χ0n) is 42.6. The number of anilines is 1. The number of likely N-dealkylation sites (N-methyl/N-ethyl adjacent to an activating group) is 3. The van der Waals surface area contributed by atoms with Crippen molar-refractivity contribution >= 4 is 47.2 Å². The largest absolute Gasteiger partial charge is 0.444 e. The van der Waals surface area contributed by atoms with Crippen LogP contribution in [-0.2, 0) is 49.4 Å². The fourth-order valence-corrected chi connectivity index (χ4v) is 8.30. The van der Waals surface area contributed by atoms with Crippen molar-refractivity contribution in [3.05, 3.63) is 29.8 Å². The van der Waals surface area contributed by atoms with Crippen LogP contribution < -0.4 is 21.3 Å². The van der Waals surface area contributed by atoms with E-state index in [0.717, 1.165) is 18.4 Å². The predicted octanol–water partition coefficient (Wildman–Crippen LogP) is 3.67. The van der Waals surface area contributed by atoms with E-state index in [0.29, 0.717) is 31.6 Å². The molecule has 0 aliphatic carbocycles. The molecule has 66 heavy (non-hydrogen) atoms. The topological polar surface area (TPSA) is 208 Å². The minimum atomic E-state index is -0.937. The van der Waals surface area contributed by atoms with E-state index in [1.165, 1.54) is 13.8 Å². The molecule has 0 saturated carbocycles. The van der Waals surface area contributed by atoms with Gasteiger partial charge in [0.15, 0.2) is 0 Å². The fourth-order valence-electron chi connectivity index (χ4n) is 8.30. The second-order valence-electron chi connectivity index (χ2n) is 19.4. The molecule has 9 atom stereocenters. The van der Waals surface area contributed by atoms with E-state index >= 15 is 0 Å². The molecule has 0 aromatic heterocycles. The number of benzene rings is 1. The van der Waals surface area contributed by atoms with Gasteiger partial charge >= 0.3 is 6.09 Å². The zero-order valence-corrected chi connectivity index (χ0v) is 42.6. The average molecular weight is 931 g/mol. The second-order valence-corrected chi connectivity index (χ2v) is 19.4. The van der Waals surface area contributed by atoms with Crippen LogP contribution in [0.2, 0.25) is 0 Å². The molecule has 4 N–H and O–H groups in total. The summed E-state index contributed by atoms with van der Waals surface area (Å²) in [4.78, 5) is 99.6. The predicted molar refractivity (Wildman–Crippen MR) is 254 cm³/mol. The molecular formula is C48H82N8O10. The van der Waals surface area contributed by atoms with Gasteiger partial charge in [0.1, 0.15) is 23.7 Å². The summed E-state index contributed by atoms with van der Waals surface area (Å²) in [5.41, 5.74) is 0.651. The van der Waals surface area contributed by atoms with Gasteiger partial charge in [0, 0.05) is 47.1 Å². The van der Waals surface area contributed by atoms with Crippen molar-refractivity contribution in [3.63, 3.8) is 0 Å². The minimum absolute atomic E-state index is 0.0111. The van der Waals surface area contributed by atoms with Gasteiger partial charge < -0.3 is 55.1 Å². The normalized spacial score (nSPS) is 17.7. The maximum atomic E-state index is 14.3. The van der Waals surface area contributed by atoms with Crippen LogP contribution in [0, 0.1) is 17.8 Å². The molecule has 0 bridgehead atoms. The third kappa shape index (κ3) is 17.4. The highest BCUT2D eigenvalue weighted by Gasteiger charge is 2.43. The number of carbonyl (C=O) groups excluding carboxylic acids is 7. The second kappa shape index (κ2) is 26.5. The molecule has 1 aromatic rings. The molecule has 18 heteroatoms. The van der Waals surface area contributed by atoms with Crippen LogP contribution in [-0.4, -0.2) is 171 Å². The summed E-state index contributed by atoms with van der Waals surface area (Å²) < 4.78 is 17.2. The number of rotatable bonds is 24. The Balaban J connectivity index is 2.10. The van der Waals surface area contributed by atoms with Gasteiger partial charge in [-0.05, 0) is 97.5 Å². The third-order valence-corrected chi connectivity index (χ3v) is 12.1. The Labute approximate surface area is 393 Å². The maximum Gasteiger partial charge on any atom is 0.408 e. The van der Waals surface area contributed by atoms with E-state index in [4.69, 9.17) is 14.2 Å². The first-order valence-corrected chi connectivity index (χ1v) is 23.3. The van der Waals surface area contributed by atoms with Gasteiger partial charge in [-0.15, -0.1) is 0 Å². The Morgan fingerprint density at radius 2 is 1.48 bits per heavy atom. The van der Waals surface area contributed by atoms with Gasteiger partial charge in [-0.25, -0.2) is 4.79 Å². The minimum Gasteiger partial charge on any atom is -0.444 e. The highest BCUT2D eigenvalue weighted by Crippen LogP contribution is 2.30. The molecule has 0 unspecified atom stereocenters. The number of amides is 7. The van der Waals surface area contributed by atoms with Gasteiger partial charge in [0.05, 0.1) is 43.2 Å². The molecule has 0 spiro atoms. The van der Waals surface area contributed by atoms with E-state index in [2.05, 4.69) is 21.3 Å². The van der Waals surface area contributed by atoms with Crippen LogP contribution in [0.25, 0.3) is 0 Å². The molecule has 0 radical (unpaired) electrons. The number of methoxy groups -OCH3 is 2.